The molecule has 1 saturated heterocycles. The molecule has 3 rings (SSSR count). The fourth-order valence-electron chi connectivity index (χ4n) is 2.22. The highest BCUT2D eigenvalue weighted by molar-refractivity contribution is 9.10. The molecule has 1 aromatic carbocycles. The maximum Gasteiger partial charge on any atom is 0.229 e. The summed E-state index contributed by atoms with van der Waals surface area (Å²) in [6.07, 6.45) is 2.39. The Morgan fingerprint density at radius 1 is 1.40 bits per heavy atom. The third-order valence-corrected chi connectivity index (χ3v) is 4.74. The highest BCUT2D eigenvalue weighted by Gasteiger charge is 2.30. The Bertz CT molecular complexity index is 650. The zero-order valence-electron chi connectivity index (χ0n) is 10.8. The molecule has 102 valence electrons. The first-order valence-corrected chi connectivity index (χ1v) is 7.99. The molecule has 1 atom stereocenters. The topological polar surface area (TPSA) is 33.2 Å². The largest absolute Gasteiger partial charge is 0.287 e. The van der Waals surface area contributed by atoms with Gasteiger partial charge in [-0.25, -0.2) is 4.98 Å². The molecule has 0 aliphatic carbocycles. The Balaban J connectivity index is 1.85. The molecule has 0 N–H and O–H groups in total. The van der Waals surface area contributed by atoms with Crippen molar-refractivity contribution in [1.82, 2.24) is 4.98 Å². The molecule has 0 spiro atoms. The fraction of sp³-hybridized carbons (Fsp3) is 0.200. The van der Waals surface area contributed by atoms with E-state index in [-0.39, 0.29) is 11.8 Å². The number of thiazole rings is 1. The predicted molar refractivity (Wildman–Crippen MR) is 85.9 cm³/mol. The highest BCUT2D eigenvalue weighted by Crippen LogP contribution is 2.32. The number of nitrogens with zero attached hydrogens (tertiary/aromatic N) is 2. The molecule has 3 nitrogen and oxygen atoms in total. The average molecular weight is 349 g/mol. The zero-order valence-corrected chi connectivity index (χ0v) is 13.2. The van der Waals surface area contributed by atoms with Crippen LogP contribution in [0.3, 0.4) is 0 Å². The van der Waals surface area contributed by atoms with Crippen molar-refractivity contribution in [2.24, 2.45) is 5.92 Å². The number of benzene rings is 1. The average Bonchev–Trinajstić information content (AvgIpc) is 3.06. The molecule has 1 fully saturated rings. The summed E-state index contributed by atoms with van der Waals surface area (Å²) in [5.74, 6) is 0.370. The first kappa shape index (κ1) is 13.5. The van der Waals surface area contributed by atoms with Gasteiger partial charge in [-0.05, 0) is 12.1 Å². The van der Waals surface area contributed by atoms with Crippen LogP contribution >= 0.6 is 27.3 Å². The lowest BCUT2D eigenvalue weighted by atomic mass is 10.1. The van der Waals surface area contributed by atoms with Crippen molar-refractivity contribution in [3.8, 4) is 11.3 Å². The summed E-state index contributed by atoms with van der Waals surface area (Å²) < 4.78 is 1.04. The number of halogens is 1. The van der Waals surface area contributed by atoms with Crippen LogP contribution < -0.4 is 4.90 Å². The molecule has 1 unspecified atom stereocenters. The van der Waals surface area contributed by atoms with E-state index in [4.69, 9.17) is 0 Å². The lowest BCUT2D eigenvalue weighted by Gasteiger charge is -2.11. The van der Waals surface area contributed by atoms with Gasteiger partial charge in [0.15, 0.2) is 5.13 Å². The van der Waals surface area contributed by atoms with Crippen LogP contribution in [0.4, 0.5) is 5.13 Å². The number of hydrogen-bond donors (Lipinski definition) is 0. The van der Waals surface area contributed by atoms with Crippen molar-refractivity contribution in [2.75, 3.05) is 11.4 Å². The minimum absolute atomic E-state index is 0.131. The van der Waals surface area contributed by atoms with Gasteiger partial charge in [0.25, 0.3) is 0 Å². The summed E-state index contributed by atoms with van der Waals surface area (Å²) in [6.45, 7) is 4.46. The highest BCUT2D eigenvalue weighted by atomic mass is 79.9. The summed E-state index contributed by atoms with van der Waals surface area (Å²) >= 11 is 4.93. The van der Waals surface area contributed by atoms with Crippen LogP contribution in [0.1, 0.15) is 6.42 Å². The molecule has 2 heterocycles. The lowest BCUT2D eigenvalue weighted by molar-refractivity contribution is -0.117. The van der Waals surface area contributed by atoms with E-state index in [9.17, 15) is 4.79 Å². The molecule has 1 aromatic heterocycles. The van der Waals surface area contributed by atoms with Gasteiger partial charge in [0, 0.05) is 34.3 Å². The van der Waals surface area contributed by atoms with E-state index in [0.29, 0.717) is 13.0 Å². The smallest absolute Gasteiger partial charge is 0.229 e. The molecule has 1 amide bonds. The third-order valence-electron chi connectivity index (χ3n) is 3.35. The molecule has 0 saturated carbocycles. The number of aromatic nitrogens is 1. The molecule has 20 heavy (non-hydrogen) atoms. The standard InChI is InChI=1S/C15H13BrN2OS/c1-2-10-7-14(19)18(8-10)15-17-13(9-20-15)11-3-5-12(16)6-4-11/h2-6,9-10H,1,7-8H2. The van der Waals surface area contributed by atoms with E-state index in [1.165, 1.54) is 11.3 Å². The predicted octanol–water partition coefficient (Wildman–Crippen LogP) is 4.11. The Labute approximate surface area is 130 Å². The molecule has 2 aromatic rings. The van der Waals surface area contributed by atoms with Crippen molar-refractivity contribution in [3.63, 3.8) is 0 Å². The minimum Gasteiger partial charge on any atom is -0.287 e. The first-order chi connectivity index (χ1) is 9.67. The van der Waals surface area contributed by atoms with Crippen molar-refractivity contribution >= 4 is 38.3 Å². The molecule has 0 bridgehead atoms. The first-order valence-electron chi connectivity index (χ1n) is 6.32. The third kappa shape index (κ3) is 2.55. The summed E-state index contributed by atoms with van der Waals surface area (Å²) in [5, 5.41) is 2.77. The maximum absolute atomic E-state index is 12.0. The molecular weight excluding hydrogens is 336 g/mol. The summed E-state index contributed by atoms with van der Waals surface area (Å²) in [4.78, 5) is 18.3. The van der Waals surface area contributed by atoms with Crippen LogP contribution in [0.5, 0.6) is 0 Å². The lowest BCUT2D eigenvalue weighted by Crippen LogP contribution is -2.24. The second-order valence-electron chi connectivity index (χ2n) is 4.73. The van der Waals surface area contributed by atoms with Gasteiger partial charge in [0.05, 0.1) is 5.69 Å². The molecule has 1 aliphatic heterocycles. The number of amides is 1. The van der Waals surface area contributed by atoms with Crippen LogP contribution in [0.25, 0.3) is 11.3 Å². The van der Waals surface area contributed by atoms with E-state index < -0.39 is 0 Å². The van der Waals surface area contributed by atoms with Gasteiger partial charge in [-0.1, -0.05) is 34.1 Å². The van der Waals surface area contributed by atoms with Crippen LogP contribution in [-0.4, -0.2) is 17.4 Å². The molecule has 0 radical (unpaired) electrons. The van der Waals surface area contributed by atoms with Crippen molar-refractivity contribution < 1.29 is 4.79 Å². The molecule has 1 aliphatic rings. The number of carbonyl (C=O) groups excluding carboxylic acids is 1. The number of anilines is 1. The number of hydrogen-bond acceptors (Lipinski definition) is 3. The van der Waals surface area contributed by atoms with Gasteiger partial charge in [-0.2, -0.15) is 0 Å². The number of carbonyl (C=O) groups is 1. The van der Waals surface area contributed by atoms with Gasteiger partial charge in [-0.3, -0.25) is 9.69 Å². The maximum atomic E-state index is 12.0. The van der Waals surface area contributed by atoms with Gasteiger partial charge < -0.3 is 0 Å². The van der Waals surface area contributed by atoms with Crippen LogP contribution in [0.2, 0.25) is 0 Å². The fourth-order valence-corrected chi connectivity index (χ4v) is 3.34. The number of rotatable bonds is 3. The Kier molecular flexibility index (Phi) is 3.72. The van der Waals surface area contributed by atoms with Crippen molar-refractivity contribution in [2.45, 2.75) is 6.42 Å². The molecular formula is C15H13BrN2OS. The van der Waals surface area contributed by atoms with E-state index in [1.807, 2.05) is 35.7 Å². The monoisotopic (exact) mass is 348 g/mol. The summed E-state index contributed by atoms with van der Waals surface area (Å²) in [7, 11) is 0. The van der Waals surface area contributed by atoms with Crippen LogP contribution in [0.15, 0.2) is 46.8 Å². The minimum atomic E-state index is 0.131. The second kappa shape index (κ2) is 5.50. The van der Waals surface area contributed by atoms with Gasteiger partial charge in [0.2, 0.25) is 5.91 Å². The Morgan fingerprint density at radius 3 is 2.80 bits per heavy atom. The van der Waals surface area contributed by atoms with Crippen LogP contribution in [-0.2, 0) is 4.79 Å². The van der Waals surface area contributed by atoms with E-state index >= 15 is 0 Å². The van der Waals surface area contributed by atoms with Gasteiger partial charge >= 0.3 is 0 Å². The van der Waals surface area contributed by atoms with Gasteiger partial charge in [-0.15, -0.1) is 17.9 Å². The van der Waals surface area contributed by atoms with E-state index in [2.05, 4.69) is 27.5 Å². The second-order valence-corrected chi connectivity index (χ2v) is 6.48. The normalized spacial score (nSPS) is 18.6. The quantitative estimate of drug-likeness (QED) is 0.782. The summed E-state index contributed by atoms with van der Waals surface area (Å²) in [6, 6.07) is 8.01. The van der Waals surface area contributed by atoms with Crippen molar-refractivity contribution in [3.05, 3.63) is 46.8 Å². The summed E-state index contributed by atoms with van der Waals surface area (Å²) in [5.41, 5.74) is 1.97. The Hall–Kier alpha value is -1.46. The van der Waals surface area contributed by atoms with Crippen molar-refractivity contribution in [1.29, 1.82) is 0 Å². The van der Waals surface area contributed by atoms with Gasteiger partial charge in [0.1, 0.15) is 0 Å². The van der Waals surface area contributed by atoms with E-state index in [1.54, 1.807) is 4.90 Å². The molecule has 5 heteroatoms. The zero-order chi connectivity index (χ0) is 14.1. The van der Waals surface area contributed by atoms with E-state index in [0.717, 1.165) is 20.9 Å². The Morgan fingerprint density at radius 2 is 2.15 bits per heavy atom. The SMILES string of the molecule is C=CC1CC(=O)N(c2nc(-c3ccc(Br)cc3)cs2)C1. The van der Waals surface area contributed by atoms with Crippen LogP contribution in [0, 0.1) is 5.92 Å².